The minimum absolute atomic E-state index is 0. The fourth-order valence-corrected chi connectivity index (χ4v) is 2.83. The Morgan fingerprint density at radius 3 is 2.61 bits per heavy atom. The number of halogens is 2. The number of rotatable bonds is 5. The second-order valence-corrected chi connectivity index (χ2v) is 6.21. The first kappa shape index (κ1) is 17.7. The molecular weight excluding hydrogens is 374 g/mol. The molecule has 0 bridgehead atoms. The van der Waals surface area contributed by atoms with Crippen molar-refractivity contribution in [2.45, 2.75) is 19.5 Å². The minimum Gasteiger partial charge on any atom is -0.306 e. The van der Waals surface area contributed by atoms with Gasteiger partial charge in [-0.2, -0.15) is 0 Å². The number of nitrogens with zero attached hydrogens (tertiary/aromatic N) is 2. The largest absolute Gasteiger partial charge is 0.306 e. The van der Waals surface area contributed by atoms with Crippen LogP contribution in [0.1, 0.15) is 24.1 Å². The monoisotopic (exact) mass is 391 g/mol. The van der Waals surface area contributed by atoms with Crippen LogP contribution < -0.4 is 5.32 Å². The van der Waals surface area contributed by atoms with Crippen LogP contribution in [-0.4, -0.2) is 9.55 Å². The van der Waals surface area contributed by atoms with Gasteiger partial charge in [-0.15, -0.1) is 12.4 Å². The van der Waals surface area contributed by atoms with Crippen molar-refractivity contribution in [1.82, 2.24) is 14.9 Å². The highest BCUT2D eigenvalue weighted by atomic mass is 79.9. The molecule has 1 unspecified atom stereocenters. The Balaban J connectivity index is 0.00000192. The Kier molecular flexibility index (Phi) is 6.39. The maximum absolute atomic E-state index is 4.07. The molecule has 120 valence electrons. The molecular formula is C18H19BrClN3. The van der Waals surface area contributed by atoms with E-state index in [1.165, 1.54) is 11.1 Å². The van der Waals surface area contributed by atoms with Crippen molar-refractivity contribution < 1.29 is 0 Å². The zero-order valence-corrected chi connectivity index (χ0v) is 15.2. The molecule has 1 atom stereocenters. The van der Waals surface area contributed by atoms with Crippen LogP contribution in [0.5, 0.6) is 0 Å². The molecule has 1 aromatic heterocycles. The Morgan fingerprint density at radius 2 is 1.96 bits per heavy atom. The molecule has 2 aromatic carbocycles. The van der Waals surface area contributed by atoms with Gasteiger partial charge >= 0.3 is 0 Å². The van der Waals surface area contributed by atoms with E-state index in [4.69, 9.17) is 0 Å². The lowest BCUT2D eigenvalue weighted by molar-refractivity contribution is 0.574. The summed E-state index contributed by atoms with van der Waals surface area (Å²) in [5.74, 6) is 0. The highest BCUT2D eigenvalue weighted by Crippen LogP contribution is 2.17. The van der Waals surface area contributed by atoms with Gasteiger partial charge in [-0.3, -0.25) is 0 Å². The van der Waals surface area contributed by atoms with Crippen LogP contribution in [0.2, 0.25) is 0 Å². The molecule has 0 amide bonds. The van der Waals surface area contributed by atoms with Gasteiger partial charge in [0.25, 0.3) is 0 Å². The molecule has 0 saturated carbocycles. The first-order valence-electron chi connectivity index (χ1n) is 7.28. The van der Waals surface area contributed by atoms with Crippen molar-refractivity contribution in [3.63, 3.8) is 0 Å². The quantitative estimate of drug-likeness (QED) is 0.669. The molecule has 0 aliphatic heterocycles. The zero-order valence-electron chi connectivity index (χ0n) is 12.8. The Labute approximate surface area is 151 Å². The van der Waals surface area contributed by atoms with Crippen molar-refractivity contribution in [3.8, 4) is 5.69 Å². The van der Waals surface area contributed by atoms with Gasteiger partial charge < -0.3 is 9.88 Å². The van der Waals surface area contributed by atoms with E-state index in [2.05, 4.69) is 75.6 Å². The third-order valence-electron chi connectivity index (χ3n) is 3.70. The second kappa shape index (κ2) is 8.29. The minimum atomic E-state index is 0. The molecule has 3 nitrogen and oxygen atoms in total. The zero-order chi connectivity index (χ0) is 15.4. The Hall–Kier alpha value is -1.62. The summed E-state index contributed by atoms with van der Waals surface area (Å²) in [6.07, 6.45) is 5.55. The van der Waals surface area contributed by atoms with Gasteiger partial charge in [-0.25, -0.2) is 4.98 Å². The van der Waals surface area contributed by atoms with Gasteiger partial charge in [0, 0.05) is 35.1 Å². The lowest BCUT2D eigenvalue weighted by Crippen LogP contribution is -2.18. The molecule has 0 fully saturated rings. The Morgan fingerprint density at radius 1 is 1.17 bits per heavy atom. The number of aromatic nitrogens is 2. The first-order valence-corrected chi connectivity index (χ1v) is 8.08. The smallest absolute Gasteiger partial charge is 0.0991 e. The normalized spacial score (nSPS) is 11.7. The van der Waals surface area contributed by atoms with Crippen LogP contribution in [0.4, 0.5) is 0 Å². The molecule has 1 N–H and O–H groups in total. The van der Waals surface area contributed by atoms with Crippen LogP contribution in [0.3, 0.4) is 0 Å². The van der Waals surface area contributed by atoms with Crippen LogP contribution in [0.25, 0.3) is 5.69 Å². The summed E-state index contributed by atoms with van der Waals surface area (Å²) in [7, 11) is 0. The summed E-state index contributed by atoms with van der Waals surface area (Å²) in [5, 5.41) is 3.56. The van der Waals surface area contributed by atoms with Crippen LogP contribution in [0, 0.1) is 0 Å². The predicted molar refractivity (Wildman–Crippen MR) is 100 cm³/mol. The molecule has 5 heteroatoms. The van der Waals surface area contributed by atoms with Crippen molar-refractivity contribution >= 4 is 28.3 Å². The second-order valence-electron chi connectivity index (χ2n) is 5.29. The molecule has 23 heavy (non-hydrogen) atoms. The highest BCUT2D eigenvalue weighted by molar-refractivity contribution is 9.10. The van der Waals surface area contributed by atoms with Crippen molar-refractivity contribution in [2.24, 2.45) is 0 Å². The van der Waals surface area contributed by atoms with E-state index >= 15 is 0 Å². The van der Waals surface area contributed by atoms with Crippen LogP contribution in [0.15, 0.2) is 71.7 Å². The van der Waals surface area contributed by atoms with E-state index in [9.17, 15) is 0 Å². The fraction of sp³-hybridized carbons (Fsp3) is 0.167. The molecule has 0 saturated heterocycles. The van der Waals surface area contributed by atoms with Crippen molar-refractivity contribution in [3.05, 3.63) is 82.9 Å². The van der Waals surface area contributed by atoms with E-state index in [0.717, 1.165) is 16.7 Å². The van der Waals surface area contributed by atoms with E-state index in [-0.39, 0.29) is 12.4 Å². The summed E-state index contributed by atoms with van der Waals surface area (Å²) in [5.41, 5.74) is 3.68. The molecule has 3 rings (SSSR count). The van der Waals surface area contributed by atoms with Gasteiger partial charge in [0.05, 0.1) is 6.33 Å². The average Bonchev–Trinajstić information content (AvgIpc) is 3.07. The summed E-state index contributed by atoms with van der Waals surface area (Å²) >= 11 is 3.51. The topological polar surface area (TPSA) is 29.9 Å². The Bertz CT molecular complexity index is 726. The fourth-order valence-electron chi connectivity index (χ4n) is 2.38. The maximum atomic E-state index is 4.07. The third kappa shape index (κ3) is 4.67. The van der Waals surface area contributed by atoms with Gasteiger partial charge in [-0.1, -0.05) is 40.2 Å². The maximum Gasteiger partial charge on any atom is 0.0991 e. The van der Waals surface area contributed by atoms with Gasteiger partial charge in [0.1, 0.15) is 0 Å². The standard InChI is InChI=1S/C18H18BrN3.ClH/c1-14(21-12-15-3-2-4-17(19)11-15)16-5-7-18(8-6-16)22-10-9-20-13-22;/h2-11,13-14,21H,12H2,1H3;1H. The van der Waals surface area contributed by atoms with E-state index in [1.807, 2.05) is 23.2 Å². The molecule has 0 aliphatic carbocycles. The number of nitrogens with one attached hydrogen (secondary N) is 1. The molecule has 1 heterocycles. The van der Waals surface area contributed by atoms with Crippen LogP contribution in [-0.2, 0) is 6.54 Å². The molecule has 0 radical (unpaired) electrons. The number of benzene rings is 2. The number of hydrogen-bond donors (Lipinski definition) is 1. The van der Waals surface area contributed by atoms with Gasteiger partial charge in [-0.05, 0) is 42.3 Å². The number of imidazole rings is 1. The summed E-state index contributed by atoms with van der Waals surface area (Å²) in [4.78, 5) is 4.07. The summed E-state index contributed by atoms with van der Waals surface area (Å²) in [6, 6.07) is 17.2. The first-order chi connectivity index (χ1) is 10.7. The highest BCUT2D eigenvalue weighted by Gasteiger charge is 2.05. The van der Waals surface area contributed by atoms with E-state index in [1.54, 1.807) is 6.20 Å². The van der Waals surface area contributed by atoms with Gasteiger partial charge in [0.2, 0.25) is 0 Å². The van der Waals surface area contributed by atoms with E-state index in [0.29, 0.717) is 6.04 Å². The molecule has 3 aromatic rings. The number of hydrogen-bond acceptors (Lipinski definition) is 2. The summed E-state index contributed by atoms with van der Waals surface area (Å²) in [6.45, 7) is 3.04. The molecule has 0 spiro atoms. The molecule has 0 aliphatic rings. The average molecular weight is 393 g/mol. The SMILES string of the molecule is CC(NCc1cccc(Br)c1)c1ccc(-n2ccnc2)cc1.Cl. The lowest BCUT2D eigenvalue weighted by Gasteiger charge is -2.15. The lowest BCUT2D eigenvalue weighted by atomic mass is 10.1. The van der Waals surface area contributed by atoms with Crippen molar-refractivity contribution in [2.75, 3.05) is 0 Å². The third-order valence-corrected chi connectivity index (χ3v) is 4.19. The van der Waals surface area contributed by atoms with Crippen LogP contribution >= 0.6 is 28.3 Å². The van der Waals surface area contributed by atoms with Gasteiger partial charge in [0.15, 0.2) is 0 Å². The van der Waals surface area contributed by atoms with E-state index < -0.39 is 0 Å². The van der Waals surface area contributed by atoms with Crippen molar-refractivity contribution in [1.29, 1.82) is 0 Å². The predicted octanol–water partition coefficient (Wildman–Crippen LogP) is 4.91. The summed E-state index contributed by atoms with van der Waals surface area (Å²) < 4.78 is 3.12.